The second-order valence-electron chi connectivity index (χ2n) is 5.89. The van der Waals surface area contributed by atoms with E-state index >= 15 is 0 Å². The molecule has 0 amide bonds. The third-order valence-electron chi connectivity index (χ3n) is 3.39. The molecule has 0 aromatic heterocycles. The molecule has 0 unspecified atom stereocenters. The van der Waals surface area contributed by atoms with Crippen LogP contribution in [0, 0.1) is 17.2 Å². The number of hydrogen-bond acceptors (Lipinski definition) is 5. The molecule has 4 nitrogen and oxygen atoms in total. The van der Waals surface area contributed by atoms with Crippen molar-refractivity contribution in [3.63, 3.8) is 0 Å². The maximum atomic E-state index is 12.2. The fraction of sp³-hybridized carbons (Fsp3) is 0.444. The summed E-state index contributed by atoms with van der Waals surface area (Å²) < 4.78 is 5.25. The van der Waals surface area contributed by atoms with E-state index in [1.165, 1.54) is 5.56 Å². The molecule has 23 heavy (non-hydrogen) atoms. The van der Waals surface area contributed by atoms with Gasteiger partial charge in [-0.25, -0.2) is 4.79 Å². The number of carbonyl (C=O) groups excluding carboxylic acids is 1. The topological polar surface area (TPSA) is 53.3 Å². The molecule has 1 aromatic rings. The number of thioether (sulfide) groups is 1. The summed E-state index contributed by atoms with van der Waals surface area (Å²) in [6, 6.07) is 12.1. The molecule has 0 bridgehead atoms. The Balaban J connectivity index is 2.19. The fourth-order valence-corrected chi connectivity index (χ4v) is 3.38. The van der Waals surface area contributed by atoms with Crippen molar-refractivity contribution in [2.75, 3.05) is 18.9 Å². The quantitative estimate of drug-likeness (QED) is 0.469. The van der Waals surface area contributed by atoms with Gasteiger partial charge in [-0.15, -0.1) is 11.8 Å². The molecule has 0 saturated carbocycles. The lowest BCUT2D eigenvalue weighted by molar-refractivity contribution is -0.139. The summed E-state index contributed by atoms with van der Waals surface area (Å²) in [6.07, 6.45) is 1.04. The van der Waals surface area contributed by atoms with Crippen LogP contribution in [0.1, 0.15) is 25.8 Å². The minimum Gasteiger partial charge on any atom is -0.461 e. The zero-order valence-electron chi connectivity index (χ0n) is 13.6. The van der Waals surface area contributed by atoms with E-state index in [2.05, 4.69) is 23.1 Å². The van der Waals surface area contributed by atoms with Crippen molar-refractivity contribution in [2.24, 2.45) is 5.92 Å². The maximum absolute atomic E-state index is 12.2. The molecule has 122 valence electrons. The monoisotopic (exact) mass is 330 g/mol. The fourth-order valence-electron chi connectivity index (χ4n) is 2.30. The summed E-state index contributed by atoms with van der Waals surface area (Å²) in [4.78, 5) is 14.3. The van der Waals surface area contributed by atoms with Gasteiger partial charge in [0.25, 0.3) is 0 Å². The summed E-state index contributed by atoms with van der Waals surface area (Å²) >= 11 is 1.57. The molecule has 1 heterocycles. The van der Waals surface area contributed by atoms with Crippen LogP contribution in [0.2, 0.25) is 0 Å². The van der Waals surface area contributed by atoms with E-state index in [1.807, 2.05) is 32.0 Å². The number of ether oxygens (including phenoxy) is 1. The van der Waals surface area contributed by atoms with Gasteiger partial charge in [0, 0.05) is 18.8 Å². The lowest BCUT2D eigenvalue weighted by Gasteiger charge is -2.31. The van der Waals surface area contributed by atoms with Crippen molar-refractivity contribution in [2.45, 2.75) is 26.8 Å². The Morgan fingerprint density at radius 1 is 1.39 bits per heavy atom. The number of benzene rings is 1. The highest BCUT2D eigenvalue weighted by Gasteiger charge is 2.25. The molecule has 1 aliphatic rings. The number of nitrogens with zero attached hydrogens (tertiary/aromatic N) is 2. The average molecular weight is 330 g/mol. The summed E-state index contributed by atoms with van der Waals surface area (Å²) in [5, 5.41) is 10.2. The third kappa shape index (κ3) is 5.04. The predicted molar refractivity (Wildman–Crippen MR) is 92.4 cm³/mol. The minimum absolute atomic E-state index is 0.131. The Labute approximate surface area is 142 Å². The van der Waals surface area contributed by atoms with Crippen molar-refractivity contribution in [3.8, 4) is 6.07 Å². The highest BCUT2D eigenvalue weighted by atomic mass is 32.2. The summed E-state index contributed by atoms with van der Waals surface area (Å²) in [6.45, 7) is 5.83. The van der Waals surface area contributed by atoms with Gasteiger partial charge in [-0.2, -0.15) is 5.26 Å². The Morgan fingerprint density at radius 3 is 2.78 bits per heavy atom. The third-order valence-corrected chi connectivity index (χ3v) is 4.62. The van der Waals surface area contributed by atoms with Gasteiger partial charge in [-0.3, -0.25) is 0 Å². The lowest BCUT2D eigenvalue weighted by atomic mass is 10.2. The number of rotatable bonds is 5. The molecular formula is C18H22N2O2S. The van der Waals surface area contributed by atoms with Gasteiger partial charge in [0.15, 0.2) is 5.57 Å². The van der Waals surface area contributed by atoms with E-state index in [-0.39, 0.29) is 11.5 Å². The molecule has 1 fully saturated rings. The van der Waals surface area contributed by atoms with E-state index in [4.69, 9.17) is 4.74 Å². The predicted octanol–water partition coefficient (Wildman–Crippen LogP) is 3.56. The standard InChI is InChI=1S/C18H22N2O2S/c1-14(2)13-22-18(21)16(11-19)17-20(9-6-10-23-17)12-15-7-4-3-5-8-15/h3-5,7-8,14H,6,9-10,12-13H2,1-2H3/b17-16+. The maximum Gasteiger partial charge on any atom is 0.351 e. The Hall–Kier alpha value is -1.93. The van der Waals surface area contributed by atoms with Crippen LogP contribution >= 0.6 is 11.8 Å². The second kappa shape index (κ2) is 8.64. The van der Waals surface area contributed by atoms with E-state index < -0.39 is 5.97 Å². The van der Waals surface area contributed by atoms with Gasteiger partial charge in [0.2, 0.25) is 0 Å². The highest BCUT2D eigenvalue weighted by molar-refractivity contribution is 8.03. The Kier molecular flexibility index (Phi) is 6.54. The highest BCUT2D eigenvalue weighted by Crippen LogP contribution is 2.31. The molecule has 5 heteroatoms. The first-order valence-electron chi connectivity index (χ1n) is 7.85. The van der Waals surface area contributed by atoms with Crippen molar-refractivity contribution in [1.82, 2.24) is 4.90 Å². The van der Waals surface area contributed by atoms with Crippen LogP contribution in [0.4, 0.5) is 0 Å². The summed E-state index contributed by atoms with van der Waals surface area (Å²) in [7, 11) is 0. The molecule has 2 rings (SSSR count). The van der Waals surface area contributed by atoms with Gasteiger partial charge in [0.1, 0.15) is 6.07 Å². The van der Waals surface area contributed by atoms with Gasteiger partial charge < -0.3 is 9.64 Å². The van der Waals surface area contributed by atoms with Gasteiger partial charge in [-0.1, -0.05) is 44.2 Å². The first-order valence-corrected chi connectivity index (χ1v) is 8.83. The second-order valence-corrected chi connectivity index (χ2v) is 6.98. The summed E-state index contributed by atoms with van der Waals surface area (Å²) in [5.74, 6) is 0.662. The van der Waals surface area contributed by atoms with Crippen LogP contribution in [0.25, 0.3) is 0 Å². The van der Waals surface area contributed by atoms with E-state index in [0.717, 1.165) is 23.7 Å². The molecule has 0 atom stereocenters. The van der Waals surface area contributed by atoms with Crippen LogP contribution in [0.15, 0.2) is 40.9 Å². The van der Waals surface area contributed by atoms with E-state index in [0.29, 0.717) is 13.2 Å². The van der Waals surface area contributed by atoms with E-state index in [1.54, 1.807) is 11.8 Å². The molecule has 0 aliphatic carbocycles. The van der Waals surface area contributed by atoms with Crippen LogP contribution in [-0.4, -0.2) is 29.8 Å². The molecular weight excluding hydrogens is 308 g/mol. The Bertz CT molecular complexity index is 605. The average Bonchev–Trinajstić information content (AvgIpc) is 2.56. The molecule has 0 N–H and O–H groups in total. The molecule has 0 spiro atoms. The van der Waals surface area contributed by atoms with Crippen molar-refractivity contribution in [1.29, 1.82) is 5.26 Å². The van der Waals surface area contributed by atoms with Crippen molar-refractivity contribution < 1.29 is 9.53 Å². The van der Waals surface area contributed by atoms with Crippen LogP contribution in [0.5, 0.6) is 0 Å². The zero-order chi connectivity index (χ0) is 16.7. The lowest BCUT2D eigenvalue weighted by Crippen LogP contribution is -2.29. The van der Waals surface area contributed by atoms with Gasteiger partial charge >= 0.3 is 5.97 Å². The smallest absolute Gasteiger partial charge is 0.351 e. The van der Waals surface area contributed by atoms with Crippen molar-refractivity contribution >= 4 is 17.7 Å². The SMILES string of the molecule is CC(C)COC(=O)/C(C#N)=C1/SCCCN1Cc1ccccc1. The molecule has 1 aliphatic heterocycles. The molecule has 1 aromatic carbocycles. The number of esters is 1. The molecule has 1 saturated heterocycles. The van der Waals surface area contributed by atoms with Crippen LogP contribution in [-0.2, 0) is 16.1 Å². The van der Waals surface area contributed by atoms with Crippen LogP contribution in [0.3, 0.4) is 0 Å². The summed E-state index contributed by atoms with van der Waals surface area (Å²) in [5.41, 5.74) is 1.30. The van der Waals surface area contributed by atoms with Crippen molar-refractivity contribution in [3.05, 3.63) is 46.5 Å². The first-order chi connectivity index (χ1) is 11.1. The normalized spacial score (nSPS) is 16.9. The zero-order valence-corrected chi connectivity index (χ0v) is 14.4. The van der Waals surface area contributed by atoms with Gasteiger partial charge in [-0.05, 0) is 17.9 Å². The first kappa shape index (κ1) is 17.4. The largest absolute Gasteiger partial charge is 0.461 e. The Morgan fingerprint density at radius 2 is 2.13 bits per heavy atom. The minimum atomic E-state index is -0.510. The van der Waals surface area contributed by atoms with E-state index in [9.17, 15) is 10.1 Å². The molecule has 0 radical (unpaired) electrons. The van der Waals surface area contributed by atoms with Gasteiger partial charge in [0.05, 0.1) is 11.6 Å². The van der Waals surface area contributed by atoms with Crippen LogP contribution < -0.4 is 0 Å². The number of hydrogen-bond donors (Lipinski definition) is 0. The number of carbonyl (C=O) groups is 1. The number of nitriles is 1.